The molecule has 0 atom stereocenters. The Morgan fingerprint density at radius 2 is 1.29 bits per heavy atom. The number of amides is 1. The zero-order chi connectivity index (χ0) is 19.3. The van der Waals surface area contributed by atoms with Crippen LogP contribution in [0.5, 0.6) is 0 Å². The quantitative estimate of drug-likeness (QED) is 0.690. The van der Waals surface area contributed by atoms with Gasteiger partial charge in [0.15, 0.2) is 0 Å². The zero-order valence-corrected chi connectivity index (χ0v) is 15.9. The minimum absolute atomic E-state index is 0.0106. The standard InChI is InChI=1S/C24H23N3O/c1-26-17-18-27(23(28)21-15-9-4-10-16-21)24(26)25-22(19-11-5-2-6-12-19)20-13-7-3-8-14-20/h2-16,22H,17-18H2,1H3/b25-24-. The predicted octanol–water partition coefficient (Wildman–Crippen LogP) is 4.22. The number of aliphatic imine (C=N–C) groups is 1. The Bertz CT molecular complexity index is 915. The monoisotopic (exact) mass is 369 g/mol. The Morgan fingerprint density at radius 3 is 1.82 bits per heavy atom. The van der Waals surface area contributed by atoms with Crippen molar-refractivity contribution in [2.24, 2.45) is 4.99 Å². The Kier molecular flexibility index (Phi) is 5.20. The molecule has 0 spiro atoms. The molecule has 0 bridgehead atoms. The van der Waals surface area contributed by atoms with Gasteiger partial charge >= 0.3 is 0 Å². The first kappa shape index (κ1) is 18.0. The van der Waals surface area contributed by atoms with Gasteiger partial charge in [0.2, 0.25) is 5.96 Å². The Morgan fingerprint density at radius 1 is 0.786 bits per heavy atom. The number of hydrogen-bond donors (Lipinski definition) is 0. The first-order valence-electron chi connectivity index (χ1n) is 9.50. The molecule has 0 aromatic heterocycles. The van der Waals surface area contributed by atoms with Crippen molar-refractivity contribution in [3.63, 3.8) is 0 Å². The van der Waals surface area contributed by atoms with Crippen LogP contribution in [0.1, 0.15) is 27.5 Å². The Labute approximate surface area is 165 Å². The third-order valence-corrected chi connectivity index (χ3v) is 4.98. The van der Waals surface area contributed by atoms with Crippen LogP contribution in [0.4, 0.5) is 0 Å². The van der Waals surface area contributed by atoms with E-state index in [1.54, 1.807) is 4.90 Å². The summed E-state index contributed by atoms with van der Waals surface area (Å²) >= 11 is 0. The second-order valence-corrected chi connectivity index (χ2v) is 6.90. The normalized spacial score (nSPS) is 15.4. The summed E-state index contributed by atoms with van der Waals surface area (Å²) in [5.74, 6) is 0.704. The van der Waals surface area contributed by atoms with Crippen LogP contribution in [-0.4, -0.2) is 41.8 Å². The second kappa shape index (κ2) is 8.09. The van der Waals surface area contributed by atoms with E-state index in [-0.39, 0.29) is 11.9 Å². The van der Waals surface area contributed by atoms with Gasteiger partial charge in [-0.05, 0) is 23.3 Å². The highest BCUT2D eigenvalue weighted by Crippen LogP contribution is 2.27. The summed E-state index contributed by atoms with van der Waals surface area (Å²) in [5.41, 5.74) is 2.89. The third kappa shape index (κ3) is 3.67. The maximum absolute atomic E-state index is 13.1. The molecule has 1 heterocycles. The molecular formula is C24H23N3O. The fourth-order valence-electron chi connectivity index (χ4n) is 3.48. The lowest BCUT2D eigenvalue weighted by atomic mass is 9.99. The topological polar surface area (TPSA) is 35.9 Å². The fourth-order valence-corrected chi connectivity index (χ4v) is 3.48. The number of carbonyl (C=O) groups is 1. The van der Waals surface area contributed by atoms with Crippen molar-refractivity contribution >= 4 is 11.9 Å². The van der Waals surface area contributed by atoms with E-state index in [4.69, 9.17) is 4.99 Å². The van der Waals surface area contributed by atoms with Gasteiger partial charge < -0.3 is 4.90 Å². The Balaban J connectivity index is 1.74. The average molecular weight is 369 g/mol. The van der Waals surface area contributed by atoms with Gasteiger partial charge in [0.25, 0.3) is 5.91 Å². The molecule has 1 saturated heterocycles. The number of rotatable bonds is 4. The highest BCUT2D eigenvalue weighted by atomic mass is 16.2. The van der Waals surface area contributed by atoms with Gasteiger partial charge in [0.1, 0.15) is 6.04 Å². The van der Waals surface area contributed by atoms with Gasteiger partial charge in [-0.2, -0.15) is 0 Å². The summed E-state index contributed by atoms with van der Waals surface area (Å²) in [6.45, 7) is 1.41. The van der Waals surface area contributed by atoms with Crippen molar-refractivity contribution in [1.29, 1.82) is 0 Å². The van der Waals surface area contributed by atoms with Gasteiger partial charge in [-0.25, -0.2) is 4.99 Å². The third-order valence-electron chi connectivity index (χ3n) is 4.98. The van der Waals surface area contributed by atoms with E-state index >= 15 is 0 Å². The lowest BCUT2D eigenvalue weighted by molar-refractivity contribution is 0.0858. The van der Waals surface area contributed by atoms with Crippen molar-refractivity contribution in [1.82, 2.24) is 9.80 Å². The smallest absolute Gasteiger partial charge is 0.260 e. The van der Waals surface area contributed by atoms with Crippen molar-refractivity contribution in [2.75, 3.05) is 20.1 Å². The molecule has 140 valence electrons. The molecule has 4 heteroatoms. The van der Waals surface area contributed by atoms with Crippen molar-refractivity contribution in [2.45, 2.75) is 6.04 Å². The number of guanidine groups is 1. The van der Waals surface area contributed by atoms with Crippen LogP contribution in [0.3, 0.4) is 0 Å². The molecule has 0 saturated carbocycles. The summed E-state index contributed by atoms with van der Waals surface area (Å²) in [7, 11) is 1.99. The van der Waals surface area contributed by atoms with E-state index in [0.29, 0.717) is 18.1 Å². The first-order chi connectivity index (χ1) is 13.7. The summed E-state index contributed by atoms with van der Waals surface area (Å²) in [5, 5.41) is 0. The number of likely N-dealkylation sites (N-methyl/N-ethyl adjacent to an activating group) is 1. The molecule has 1 aliphatic heterocycles. The molecule has 0 N–H and O–H groups in total. The van der Waals surface area contributed by atoms with Crippen LogP contribution in [0.15, 0.2) is 96.0 Å². The first-order valence-corrected chi connectivity index (χ1v) is 9.50. The molecule has 4 rings (SSSR count). The van der Waals surface area contributed by atoms with Crippen LogP contribution >= 0.6 is 0 Å². The summed E-state index contributed by atoms with van der Waals surface area (Å²) in [6.07, 6.45) is 0. The van der Waals surface area contributed by atoms with E-state index in [0.717, 1.165) is 17.7 Å². The van der Waals surface area contributed by atoms with Gasteiger partial charge in [0.05, 0.1) is 0 Å². The van der Waals surface area contributed by atoms with Crippen molar-refractivity contribution < 1.29 is 4.79 Å². The minimum Gasteiger partial charge on any atom is -0.344 e. The minimum atomic E-state index is -0.163. The van der Waals surface area contributed by atoms with Crippen LogP contribution in [0.2, 0.25) is 0 Å². The number of nitrogens with zero attached hydrogens (tertiary/aromatic N) is 3. The largest absolute Gasteiger partial charge is 0.344 e. The van der Waals surface area contributed by atoms with Gasteiger partial charge in [-0.1, -0.05) is 78.9 Å². The average Bonchev–Trinajstić information content (AvgIpc) is 3.13. The fraction of sp³-hybridized carbons (Fsp3) is 0.167. The molecular weight excluding hydrogens is 346 g/mol. The van der Waals surface area contributed by atoms with E-state index < -0.39 is 0 Å². The lowest BCUT2D eigenvalue weighted by Gasteiger charge is -2.22. The number of carbonyl (C=O) groups excluding carboxylic acids is 1. The van der Waals surface area contributed by atoms with Gasteiger partial charge in [-0.15, -0.1) is 0 Å². The summed E-state index contributed by atoms with van der Waals surface area (Å²) < 4.78 is 0. The van der Waals surface area contributed by atoms with Crippen LogP contribution in [0, 0.1) is 0 Å². The zero-order valence-electron chi connectivity index (χ0n) is 15.9. The van der Waals surface area contributed by atoms with Gasteiger partial charge in [-0.3, -0.25) is 9.69 Å². The molecule has 0 unspecified atom stereocenters. The van der Waals surface area contributed by atoms with Crippen LogP contribution < -0.4 is 0 Å². The van der Waals surface area contributed by atoms with Crippen LogP contribution in [0.25, 0.3) is 0 Å². The Hall–Kier alpha value is -3.40. The molecule has 1 amide bonds. The maximum Gasteiger partial charge on any atom is 0.260 e. The molecule has 4 nitrogen and oxygen atoms in total. The van der Waals surface area contributed by atoms with Crippen molar-refractivity contribution in [3.05, 3.63) is 108 Å². The van der Waals surface area contributed by atoms with E-state index in [2.05, 4.69) is 29.2 Å². The van der Waals surface area contributed by atoms with E-state index in [1.165, 1.54) is 0 Å². The molecule has 1 fully saturated rings. The summed E-state index contributed by atoms with van der Waals surface area (Å²) in [6, 6.07) is 29.7. The second-order valence-electron chi connectivity index (χ2n) is 6.90. The highest BCUT2D eigenvalue weighted by molar-refractivity contribution is 6.06. The molecule has 28 heavy (non-hydrogen) atoms. The molecule has 3 aromatic rings. The van der Waals surface area contributed by atoms with E-state index in [9.17, 15) is 4.79 Å². The molecule has 0 radical (unpaired) electrons. The predicted molar refractivity (Wildman–Crippen MR) is 112 cm³/mol. The molecule has 3 aromatic carbocycles. The van der Waals surface area contributed by atoms with E-state index in [1.807, 2.05) is 73.8 Å². The molecule has 0 aliphatic carbocycles. The SMILES string of the molecule is CN1CCN(C(=O)c2ccccc2)/C1=N\C(c1ccccc1)c1ccccc1. The highest BCUT2D eigenvalue weighted by Gasteiger charge is 2.31. The lowest BCUT2D eigenvalue weighted by Crippen LogP contribution is -2.37. The van der Waals surface area contributed by atoms with Gasteiger partial charge in [0, 0.05) is 25.7 Å². The number of benzene rings is 3. The van der Waals surface area contributed by atoms with Crippen molar-refractivity contribution in [3.8, 4) is 0 Å². The maximum atomic E-state index is 13.1. The van der Waals surface area contributed by atoms with Crippen LogP contribution in [-0.2, 0) is 0 Å². The molecule has 1 aliphatic rings. The summed E-state index contributed by atoms with van der Waals surface area (Å²) in [4.78, 5) is 22.0. The number of hydrogen-bond acceptors (Lipinski definition) is 2.